The number of ether oxygens (including phenoxy) is 1. The molecule has 1 saturated heterocycles. The van der Waals surface area contributed by atoms with Crippen molar-refractivity contribution in [2.45, 2.75) is 13.5 Å². The largest absolute Gasteiger partial charge is 0.419 e. The number of nitrogens with one attached hydrogen (secondary N) is 1. The number of hydrogen-bond acceptors (Lipinski definition) is 7. The summed E-state index contributed by atoms with van der Waals surface area (Å²) in [6.07, 6.45) is 0. The van der Waals surface area contributed by atoms with Crippen LogP contribution in [0.15, 0.2) is 28.7 Å². The molecule has 0 aliphatic carbocycles. The third kappa shape index (κ3) is 5.85. The van der Waals surface area contributed by atoms with Gasteiger partial charge < -0.3 is 14.5 Å². The Hall–Kier alpha value is -2.29. The van der Waals surface area contributed by atoms with E-state index >= 15 is 0 Å². The smallest absolute Gasteiger partial charge is 0.247 e. The second-order valence-electron chi connectivity index (χ2n) is 6.77. The summed E-state index contributed by atoms with van der Waals surface area (Å²) in [5.41, 5.74) is 2.10. The molecule has 0 radical (unpaired) electrons. The van der Waals surface area contributed by atoms with Gasteiger partial charge in [-0.05, 0) is 19.1 Å². The van der Waals surface area contributed by atoms with Gasteiger partial charge in [0.2, 0.25) is 17.7 Å². The molecule has 8 nitrogen and oxygen atoms in total. The van der Waals surface area contributed by atoms with Gasteiger partial charge in [0.05, 0.1) is 19.7 Å². The van der Waals surface area contributed by atoms with E-state index in [1.807, 2.05) is 31.2 Å². The Balaban J connectivity index is 1.44. The van der Waals surface area contributed by atoms with E-state index in [0.717, 1.165) is 37.3 Å². The van der Waals surface area contributed by atoms with Crippen LogP contribution >= 0.6 is 0 Å². The Kier molecular flexibility index (Phi) is 6.92. The van der Waals surface area contributed by atoms with Gasteiger partial charge in [0.1, 0.15) is 0 Å². The van der Waals surface area contributed by atoms with Crippen LogP contribution in [0.1, 0.15) is 11.5 Å². The van der Waals surface area contributed by atoms with Crippen molar-refractivity contribution in [3.8, 4) is 11.5 Å². The van der Waals surface area contributed by atoms with Gasteiger partial charge in [0, 0.05) is 45.4 Å². The molecular weight excluding hydrogens is 346 g/mol. The molecule has 1 aliphatic heterocycles. The maximum absolute atomic E-state index is 11.9. The first-order valence-electron chi connectivity index (χ1n) is 9.24. The number of rotatable bonds is 8. The first-order valence-corrected chi connectivity index (χ1v) is 9.24. The molecule has 2 heterocycles. The van der Waals surface area contributed by atoms with E-state index in [9.17, 15) is 4.79 Å². The van der Waals surface area contributed by atoms with Crippen LogP contribution in [0.3, 0.4) is 0 Å². The SMILES string of the molecule is COCCNC(=O)CN1CCN(Cc2nnc(-c3cccc(C)c3)o2)CC1. The highest BCUT2D eigenvalue weighted by Crippen LogP contribution is 2.19. The average Bonchev–Trinajstić information content (AvgIpc) is 3.12. The Morgan fingerprint density at radius 1 is 1.22 bits per heavy atom. The summed E-state index contributed by atoms with van der Waals surface area (Å²) >= 11 is 0. The molecule has 1 N–H and O–H groups in total. The number of carbonyl (C=O) groups is 1. The number of hydrogen-bond donors (Lipinski definition) is 1. The molecule has 0 bridgehead atoms. The van der Waals surface area contributed by atoms with Crippen molar-refractivity contribution >= 4 is 5.91 Å². The van der Waals surface area contributed by atoms with E-state index in [-0.39, 0.29) is 5.91 Å². The van der Waals surface area contributed by atoms with E-state index in [4.69, 9.17) is 9.15 Å². The Labute approximate surface area is 159 Å². The van der Waals surface area contributed by atoms with E-state index < -0.39 is 0 Å². The maximum Gasteiger partial charge on any atom is 0.247 e. The summed E-state index contributed by atoms with van der Waals surface area (Å²) < 4.78 is 10.8. The fourth-order valence-corrected chi connectivity index (χ4v) is 3.06. The fourth-order valence-electron chi connectivity index (χ4n) is 3.06. The number of methoxy groups -OCH3 is 1. The summed E-state index contributed by atoms with van der Waals surface area (Å²) in [6, 6.07) is 8.03. The van der Waals surface area contributed by atoms with Crippen molar-refractivity contribution in [3.63, 3.8) is 0 Å². The summed E-state index contributed by atoms with van der Waals surface area (Å²) in [6.45, 7) is 7.61. The number of piperazine rings is 1. The van der Waals surface area contributed by atoms with Crippen LogP contribution in [0.2, 0.25) is 0 Å². The minimum Gasteiger partial charge on any atom is -0.419 e. The van der Waals surface area contributed by atoms with Crippen LogP contribution in [-0.2, 0) is 16.1 Å². The van der Waals surface area contributed by atoms with Crippen molar-refractivity contribution in [3.05, 3.63) is 35.7 Å². The van der Waals surface area contributed by atoms with E-state index in [0.29, 0.717) is 38.0 Å². The lowest BCUT2D eigenvalue weighted by molar-refractivity contribution is -0.122. The van der Waals surface area contributed by atoms with Crippen LogP contribution in [0.25, 0.3) is 11.5 Å². The Morgan fingerprint density at radius 2 is 2.00 bits per heavy atom. The highest BCUT2D eigenvalue weighted by Gasteiger charge is 2.20. The number of aryl methyl sites for hydroxylation is 1. The van der Waals surface area contributed by atoms with E-state index in [1.54, 1.807) is 7.11 Å². The molecule has 1 aliphatic rings. The average molecular weight is 373 g/mol. The Morgan fingerprint density at radius 3 is 2.74 bits per heavy atom. The molecule has 0 saturated carbocycles. The third-order valence-electron chi connectivity index (χ3n) is 4.55. The molecule has 2 aromatic rings. The summed E-state index contributed by atoms with van der Waals surface area (Å²) in [7, 11) is 1.62. The number of carbonyl (C=O) groups excluding carboxylic acids is 1. The number of benzene rings is 1. The minimum absolute atomic E-state index is 0.0418. The molecule has 146 valence electrons. The normalized spacial score (nSPS) is 15.8. The standard InChI is InChI=1S/C19H27N5O3/c1-15-4-3-5-16(12-15)19-22-21-18(27-19)14-24-9-7-23(8-10-24)13-17(25)20-6-11-26-2/h3-5,12H,6-11,13-14H2,1-2H3,(H,20,25). The second kappa shape index (κ2) is 9.59. The predicted octanol–water partition coefficient (Wildman–Crippen LogP) is 0.925. The fraction of sp³-hybridized carbons (Fsp3) is 0.526. The lowest BCUT2D eigenvalue weighted by Gasteiger charge is -2.33. The lowest BCUT2D eigenvalue weighted by Crippen LogP contribution is -2.49. The van der Waals surface area contributed by atoms with E-state index in [1.165, 1.54) is 0 Å². The van der Waals surface area contributed by atoms with Gasteiger partial charge in [-0.1, -0.05) is 17.7 Å². The minimum atomic E-state index is 0.0418. The molecule has 27 heavy (non-hydrogen) atoms. The molecule has 3 rings (SSSR count). The van der Waals surface area contributed by atoms with Gasteiger partial charge in [-0.15, -0.1) is 10.2 Å². The predicted molar refractivity (Wildman–Crippen MR) is 101 cm³/mol. The lowest BCUT2D eigenvalue weighted by atomic mass is 10.1. The zero-order chi connectivity index (χ0) is 19.1. The second-order valence-corrected chi connectivity index (χ2v) is 6.77. The quantitative estimate of drug-likeness (QED) is 0.689. The summed E-state index contributed by atoms with van der Waals surface area (Å²) in [5.74, 6) is 1.22. The maximum atomic E-state index is 11.9. The number of nitrogens with zero attached hydrogens (tertiary/aromatic N) is 4. The van der Waals surface area contributed by atoms with Crippen LogP contribution in [0, 0.1) is 6.92 Å². The van der Waals surface area contributed by atoms with Gasteiger partial charge in [0.25, 0.3) is 0 Å². The van der Waals surface area contributed by atoms with Gasteiger partial charge in [-0.2, -0.15) is 0 Å². The first kappa shape index (κ1) is 19.5. The van der Waals surface area contributed by atoms with Crippen molar-refractivity contribution in [2.24, 2.45) is 0 Å². The molecule has 0 unspecified atom stereocenters. The topological polar surface area (TPSA) is 83.7 Å². The van der Waals surface area contributed by atoms with Crippen LogP contribution in [-0.4, -0.2) is 78.9 Å². The van der Waals surface area contributed by atoms with Crippen molar-refractivity contribution in [2.75, 3.05) is 53.0 Å². The van der Waals surface area contributed by atoms with Crippen molar-refractivity contribution in [1.29, 1.82) is 0 Å². The van der Waals surface area contributed by atoms with Crippen molar-refractivity contribution in [1.82, 2.24) is 25.3 Å². The molecule has 0 spiro atoms. The number of amides is 1. The van der Waals surface area contributed by atoms with E-state index in [2.05, 4.69) is 25.3 Å². The van der Waals surface area contributed by atoms with Gasteiger partial charge in [-0.25, -0.2) is 0 Å². The zero-order valence-corrected chi connectivity index (χ0v) is 16.0. The molecular formula is C19H27N5O3. The first-order chi connectivity index (χ1) is 13.1. The third-order valence-corrected chi connectivity index (χ3v) is 4.55. The highest BCUT2D eigenvalue weighted by molar-refractivity contribution is 5.78. The highest BCUT2D eigenvalue weighted by atomic mass is 16.5. The summed E-state index contributed by atoms with van der Waals surface area (Å²) in [4.78, 5) is 16.3. The monoisotopic (exact) mass is 373 g/mol. The molecule has 1 aromatic heterocycles. The van der Waals surface area contributed by atoms with Gasteiger partial charge in [0.15, 0.2) is 0 Å². The van der Waals surface area contributed by atoms with Crippen LogP contribution in [0.5, 0.6) is 0 Å². The molecule has 0 atom stereocenters. The van der Waals surface area contributed by atoms with Crippen LogP contribution < -0.4 is 5.32 Å². The Bertz CT molecular complexity index is 740. The molecule has 1 fully saturated rings. The number of aromatic nitrogens is 2. The zero-order valence-electron chi connectivity index (χ0n) is 16.0. The van der Waals surface area contributed by atoms with Crippen molar-refractivity contribution < 1.29 is 13.9 Å². The van der Waals surface area contributed by atoms with Gasteiger partial charge >= 0.3 is 0 Å². The molecule has 8 heteroatoms. The van der Waals surface area contributed by atoms with Crippen LogP contribution in [0.4, 0.5) is 0 Å². The summed E-state index contributed by atoms with van der Waals surface area (Å²) in [5, 5.41) is 11.2. The molecule has 1 aromatic carbocycles. The molecule has 1 amide bonds. The van der Waals surface area contributed by atoms with Gasteiger partial charge in [-0.3, -0.25) is 14.6 Å².